The van der Waals surface area contributed by atoms with Gasteiger partial charge < -0.3 is 4.74 Å². The van der Waals surface area contributed by atoms with Gasteiger partial charge in [-0.15, -0.1) is 0 Å². The van der Waals surface area contributed by atoms with Crippen molar-refractivity contribution >= 4 is 12.3 Å². The number of carbonyl (C=O) groups excluding carboxylic acids is 2. The summed E-state index contributed by atoms with van der Waals surface area (Å²) >= 11 is 0. The van der Waals surface area contributed by atoms with Gasteiger partial charge >= 0.3 is 12.1 Å². The van der Waals surface area contributed by atoms with Crippen molar-refractivity contribution in [3.63, 3.8) is 0 Å². The summed E-state index contributed by atoms with van der Waals surface area (Å²) in [6.45, 7) is 1.52. The maximum atomic E-state index is 13.0. The van der Waals surface area contributed by atoms with Gasteiger partial charge in [-0.3, -0.25) is 9.59 Å². The molecule has 0 fully saturated rings. The number of esters is 1. The van der Waals surface area contributed by atoms with Gasteiger partial charge in [-0.05, 0) is 18.6 Å². The Hall–Kier alpha value is -2.36. The van der Waals surface area contributed by atoms with Crippen molar-refractivity contribution in [2.45, 2.75) is 19.5 Å². The number of hydrogen-bond acceptors (Lipinski definition) is 4. The van der Waals surface area contributed by atoms with Crippen LogP contribution in [0.4, 0.5) is 13.2 Å². The molecule has 4 nitrogen and oxygen atoms in total. The first-order chi connectivity index (χ1) is 9.35. The molecule has 0 amide bonds. The summed E-state index contributed by atoms with van der Waals surface area (Å²) in [5, 5.41) is 8.75. The van der Waals surface area contributed by atoms with E-state index in [9.17, 15) is 22.8 Å². The van der Waals surface area contributed by atoms with E-state index in [4.69, 9.17) is 5.26 Å². The maximum absolute atomic E-state index is 13.0. The molecule has 1 rings (SSSR count). The van der Waals surface area contributed by atoms with Gasteiger partial charge in [0.15, 0.2) is 0 Å². The number of nitrogens with zero attached hydrogens (tertiary/aromatic N) is 1. The zero-order valence-corrected chi connectivity index (χ0v) is 10.5. The van der Waals surface area contributed by atoms with Crippen LogP contribution in [0.2, 0.25) is 0 Å². The molecule has 0 aromatic heterocycles. The highest BCUT2D eigenvalue weighted by molar-refractivity contribution is 5.83. The van der Waals surface area contributed by atoms with Crippen molar-refractivity contribution in [2.24, 2.45) is 0 Å². The summed E-state index contributed by atoms with van der Waals surface area (Å²) in [6.07, 6.45) is -5.34. The van der Waals surface area contributed by atoms with Crippen LogP contribution in [-0.4, -0.2) is 18.9 Å². The van der Waals surface area contributed by atoms with E-state index in [0.29, 0.717) is 0 Å². The average Bonchev–Trinajstić information content (AvgIpc) is 2.36. The Morgan fingerprint density at radius 3 is 2.55 bits per heavy atom. The Morgan fingerprint density at radius 2 is 2.10 bits per heavy atom. The van der Waals surface area contributed by atoms with Gasteiger partial charge in [0.1, 0.15) is 6.29 Å². The number of alkyl halides is 3. The first-order valence-corrected chi connectivity index (χ1v) is 5.59. The first-order valence-electron chi connectivity index (χ1n) is 5.59. The summed E-state index contributed by atoms with van der Waals surface area (Å²) in [6, 6.07) is 3.39. The number of rotatable bonds is 4. The number of halogens is 3. The quantitative estimate of drug-likeness (QED) is 0.629. The van der Waals surface area contributed by atoms with Crippen LogP contribution in [0.15, 0.2) is 12.1 Å². The van der Waals surface area contributed by atoms with Crippen molar-refractivity contribution in [1.29, 1.82) is 5.26 Å². The third-order valence-electron chi connectivity index (χ3n) is 2.51. The highest BCUT2D eigenvalue weighted by Gasteiger charge is 2.38. The molecular formula is C13H10F3NO3. The minimum atomic E-state index is -4.84. The van der Waals surface area contributed by atoms with Crippen molar-refractivity contribution < 1.29 is 27.5 Å². The number of aldehydes is 1. The van der Waals surface area contributed by atoms with Crippen LogP contribution in [-0.2, 0) is 22.1 Å². The molecule has 20 heavy (non-hydrogen) atoms. The summed E-state index contributed by atoms with van der Waals surface area (Å²) in [5.41, 5.74) is -2.73. The van der Waals surface area contributed by atoms with Crippen molar-refractivity contribution in [3.8, 4) is 6.07 Å². The van der Waals surface area contributed by atoms with Gasteiger partial charge in [0.25, 0.3) is 0 Å². The topological polar surface area (TPSA) is 67.2 Å². The zero-order valence-electron chi connectivity index (χ0n) is 10.5. The second-order valence-corrected chi connectivity index (χ2v) is 3.77. The third-order valence-corrected chi connectivity index (χ3v) is 2.51. The highest BCUT2D eigenvalue weighted by atomic mass is 19.4. The summed E-state index contributed by atoms with van der Waals surface area (Å²) in [4.78, 5) is 22.2. The summed E-state index contributed by atoms with van der Waals surface area (Å²) in [5.74, 6) is -0.892. The number of nitriles is 1. The predicted molar refractivity (Wildman–Crippen MR) is 61.9 cm³/mol. The van der Waals surface area contributed by atoms with Crippen molar-refractivity contribution in [1.82, 2.24) is 0 Å². The Balaban J connectivity index is 3.48. The standard InChI is InChI=1S/C13H10F3NO3/c1-2-20-11(19)5-10-9(7-18)4-3-8(6-17)12(10)13(14,15)16/h3-4,7H,2,5H2,1H3. The fraction of sp³-hybridized carbons (Fsp3) is 0.308. The highest BCUT2D eigenvalue weighted by Crippen LogP contribution is 2.36. The SMILES string of the molecule is CCOC(=O)Cc1c(C=O)ccc(C#N)c1C(F)(F)F. The lowest BCUT2D eigenvalue weighted by atomic mass is 9.94. The lowest BCUT2D eigenvalue weighted by Crippen LogP contribution is -2.18. The van der Waals surface area contributed by atoms with Crippen LogP contribution in [0.3, 0.4) is 0 Å². The molecule has 0 radical (unpaired) electrons. The van der Waals surface area contributed by atoms with Crippen LogP contribution < -0.4 is 0 Å². The molecule has 0 heterocycles. The van der Waals surface area contributed by atoms with E-state index in [-0.39, 0.29) is 18.5 Å². The Bertz CT molecular complexity index is 573. The second-order valence-electron chi connectivity index (χ2n) is 3.77. The maximum Gasteiger partial charge on any atom is 0.417 e. The first kappa shape index (κ1) is 15.7. The van der Waals surface area contributed by atoms with Gasteiger partial charge in [0.2, 0.25) is 0 Å². The van der Waals surface area contributed by atoms with E-state index in [2.05, 4.69) is 4.74 Å². The fourth-order valence-corrected chi connectivity index (χ4v) is 1.74. The molecule has 0 aliphatic rings. The van der Waals surface area contributed by atoms with E-state index in [1.165, 1.54) is 13.0 Å². The van der Waals surface area contributed by atoms with Crippen molar-refractivity contribution in [2.75, 3.05) is 6.61 Å². The van der Waals surface area contributed by atoms with Crippen LogP contribution in [0.25, 0.3) is 0 Å². The summed E-state index contributed by atoms with van der Waals surface area (Å²) in [7, 11) is 0. The predicted octanol–water partition coefficient (Wildman–Crippen LogP) is 2.50. The van der Waals surface area contributed by atoms with Crippen LogP contribution in [0.5, 0.6) is 0 Å². The molecule has 0 aliphatic heterocycles. The van der Waals surface area contributed by atoms with E-state index in [1.54, 1.807) is 0 Å². The molecule has 0 spiro atoms. The molecule has 106 valence electrons. The smallest absolute Gasteiger partial charge is 0.417 e. The van der Waals surface area contributed by atoms with E-state index in [0.717, 1.165) is 12.1 Å². The van der Waals surface area contributed by atoms with Crippen LogP contribution >= 0.6 is 0 Å². The average molecular weight is 285 g/mol. The number of hydrogen-bond donors (Lipinski definition) is 0. The molecule has 0 atom stereocenters. The van der Waals surface area contributed by atoms with Crippen LogP contribution in [0, 0.1) is 11.3 Å². The lowest BCUT2D eigenvalue weighted by molar-refractivity contribution is -0.143. The Kier molecular flexibility index (Phi) is 4.86. The van der Waals surface area contributed by atoms with Crippen LogP contribution in [0.1, 0.15) is 34.0 Å². The van der Waals surface area contributed by atoms with E-state index >= 15 is 0 Å². The Labute approximate surface area is 112 Å². The number of benzene rings is 1. The number of ether oxygens (including phenoxy) is 1. The van der Waals surface area contributed by atoms with Gasteiger partial charge in [-0.25, -0.2) is 0 Å². The molecule has 0 saturated heterocycles. The molecule has 1 aromatic carbocycles. The second kappa shape index (κ2) is 6.19. The monoisotopic (exact) mass is 285 g/mol. The largest absolute Gasteiger partial charge is 0.466 e. The van der Waals surface area contributed by atoms with Gasteiger partial charge in [0, 0.05) is 5.56 Å². The lowest BCUT2D eigenvalue weighted by Gasteiger charge is -2.15. The molecule has 0 bridgehead atoms. The van der Waals surface area contributed by atoms with Crippen molar-refractivity contribution in [3.05, 3.63) is 34.4 Å². The van der Waals surface area contributed by atoms with E-state index < -0.39 is 35.3 Å². The third kappa shape index (κ3) is 3.35. The minimum absolute atomic E-state index is 0.00848. The van der Waals surface area contributed by atoms with E-state index in [1.807, 2.05) is 0 Å². The molecule has 0 saturated carbocycles. The molecular weight excluding hydrogens is 275 g/mol. The molecule has 0 N–H and O–H groups in total. The Morgan fingerprint density at radius 1 is 1.45 bits per heavy atom. The zero-order chi connectivity index (χ0) is 15.3. The van der Waals surface area contributed by atoms with Gasteiger partial charge in [-0.1, -0.05) is 6.07 Å². The molecule has 1 aromatic rings. The molecule has 0 unspecified atom stereocenters. The normalized spacial score (nSPS) is 10.8. The number of carbonyl (C=O) groups is 2. The van der Waals surface area contributed by atoms with Gasteiger partial charge in [0.05, 0.1) is 30.2 Å². The summed E-state index contributed by atoms with van der Waals surface area (Å²) < 4.78 is 43.7. The molecule has 0 aliphatic carbocycles. The minimum Gasteiger partial charge on any atom is -0.466 e. The molecule has 7 heteroatoms. The van der Waals surface area contributed by atoms with Gasteiger partial charge in [-0.2, -0.15) is 18.4 Å². The fourth-order valence-electron chi connectivity index (χ4n) is 1.74.